The lowest BCUT2D eigenvalue weighted by Crippen LogP contribution is -2.43. The molecule has 1 N–H and O–H groups in total. The highest BCUT2D eigenvalue weighted by Gasteiger charge is 2.34. The first-order valence-electron chi connectivity index (χ1n) is 7.83. The van der Waals surface area contributed by atoms with E-state index in [4.69, 9.17) is 9.84 Å². The molecular formula is C16H23NO5. The number of aliphatic carboxylic acids is 1. The lowest BCUT2D eigenvalue weighted by molar-refractivity contribution is -0.152. The van der Waals surface area contributed by atoms with Crippen LogP contribution in [0.25, 0.3) is 0 Å². The maximum absolute atomic E-state index is 12.6. The van der Waals surface area contributed by atoms with E-state index in [0.29, 0.717) is 19.4 Å². The van der Waals surface area contributed by atoms with Gasteiger partial charge in [0.15, 0.2) is 0 Å². The molecular weight excluding hydrogens is 286 g/mol. The molecule has 0 aromatic carbocycles. The number of fused-ring (bicyclic) bond motifs is 1. The molecule has 2 rings (SSSR count). The fraction of sp³-hybridized carbons (Fsp3) is 0.688. The quantitative estimate of drug-likeness (QED) is 0.618. The van der Waals surface area contributed by atoms with Crippen LogP contribution in [0.1, 0.15) is 39.0 Å². The van der Waals surface area contributed by atoms with Gasteiger partial charge in [-0.15, -0.1) is 0 Å². The molecule has 0 bridgehead atoms. The highest BCUT2D eigenvalue weighted by molar-refractivity contribution is 5.84. The third kappa shape index (κ3) is 4.08. The first kappa shape index (κ1) is 16.5. The smallest absolute Gasteiger partial charge is 0.309 e. The summed E-state index contributed by atoms with van der Waals surface area (Å²) in [7, 11) is 0. The summed E-state index contributed by atoms with van der Waals surface area (Å²) >= 11 is 0. The second-order valence-electron chi connectivity index (χ2n) is 6.10. The van der Waals surface area contributed by atoms with Gasteiger partial charge in [0.05, 0.1) is 24.3 Å². The Morgan fingerprint density at radius 2 is 2.09 bits per heavy atom. The van der Waals surface area contributed by atoms with Crippen LogP contribution in [0.15, 0.2) is 12.2 Å². The van der Waals surface area contributed by atoms with Crippen molar-refractivity contribution in [3.8, 4) is 0 Å². The first-order chi connectivity index (χ1) is 10.5. The summed E-state index contributed by atoms with van der Waals surface area (Å²) in [6.45, 7) is 2.62. The van der Waals surface area contributed by atoms with Gasteiger partial charge < -0.3 is 14.7 Å². The number of hydrogen-bond acceptors (Lipinski definition) is 4. The average Bonchev–Trinajstić information content (AvgIpc) is 2.93. The van der Waals surface area contributed by atoms with E-state index in [1.54, 1.807) is 4.90 Å². The van der Waals surface area contributed by atoms with E-state index in [9.17, 15) is 14.4 Å². The SMILES string of the molecule is C[C@@H]1C/C=C\C[C@@H](CC(=O)O)C(=O)N2CCC[C@H]2COC1=O. The molecule has 2 aliphatic heterocycles. The first-order valence-corrected chi connectivity index (χ1v) is 7.83. The van der Waals surface area contributed by atoms with E-state index in [0.717, 1.165) is 12.8 Å². The highest BCUT2D eigenvalue weighted by atomic mass is 16.5. The monoisotopic (exact) mass is 309 g/mol. The van der Waals surface area contributed by atoms with Gasteiger partial charge in [0.2, 0.25) is 5.91 Å². The lowest BCUT2D eigenvalue weighted by Gasteiger charge is -2.28. The third-order valence-electron chi connectivity index (χ3n) is 4.33. The Kier molecular flexibility index (Phi) is 5.57. The average molecular weight is 309 g/mol. The van der Waals surface area contributed by atoms with Gasteiger partial charge in [0.25, 0.3) is 0 Å². The Bertz CT molecular complexity index is 473. The van der Waals surface area contributed by atoms with Crippen molar-refractivity contribution in [1.29, 1.82) is 0 Å². The number of carbonyl (C=O) groups excluding carboxylic acids is 2. The van der Waals surface area contributed by atoms with E-state index < -0.39 is 11.9 Å². The van der Waals surface area contributed by atoms with Crippen molar-refractivity contribution in [3.05, 3.63) is 12.2 Å². The molecule has 2 heterocycles. The molecule has 1 saturated heterocycles. The van der Waals surface area contributed by atoms with E-state index in [-0.39, 0.29) is 36.9 Å². The topological polar surface area (TPSA) is 83.9 Å². The lowest BCUT2D eigenvalue weighted by atomic mass is 9.97. The van der Waals surface area contributed by atoms with E-state index in [2.05, 4.69) is 0 Å². The number of amides is 1. The number of nitrogens with zero attached hydrogens (tertiary/aromatic N) is 1. The Labute approximate surface area is 130 Å². The van der Waals surface area contributed by atoms with Gasteiger partial charge in [0.1, 0.15) is 6.61 Å². The summed E-state index contributed by atoms with van der Waals surface area (Å²) < 4.78 is 5.32. The number of carboxylic acid groups (broad SMARTS) is 1. The second-order valence-corrected chi connectivity index (χ2v) is 6.10. The van der Waals surface area contributed by atoms with Gasteiger partial charge in [-0.05, 0) is 25.7 Å². The van der Waals surface area contributed by atoms with Crippen LogP contribution in [-0.2, 0) is 19.1 Å². The molecule has 6 nitrogen and oxygen atoms in total. The number of ether oxygens (including phenoxy) is 1. The van der Waals surface area contributed by atoms with Gasteiger partial charge in [-0.2, -0.15) is 0 Å². The molecule has 0 unspecified atom stereocenters. The van der Waals surface area contributed by atoms with Crippen LogP contribution in [0.3, 0.4) is 0 Å². The molecule has 3 atom stereocenters. The number of cyclic esters (lactones) is 1. The van der Waals surface area contributed by atoms with E-state index in [1.807, 2.05) is 19.1 Å². The van der Waals surface area contributed by atoms with Crippen LogP contribution < -0.4 is 0 Å². The zero-order valence-corrected chi connectivity index (χ0v) is 12.9. The zero-order chi connectivity index (χ0) is 16.1. The summed E-state index contributed by atoms with van der Waals surface area (Å²) in [6, 6.07) is -0.122. The number of carboxylic acids is 1. The predicted octanol–water partition coefficient (Wildman–Crippen LogP) is 1.60. The van der Waals surface area contributed by atoms with Crippen LogP contribution >= 0.6 is 0 Å². The van der Waals surface area contributed by atoms with E-state index in [1.165, 1.54) is 0 Å². The molecule has 1 fully saturated rings. The third-order valence-corrected chi connectivity index (χ3v) is 4.33. The minimum atomic E-state index is -0.964. The maximum atomic E-state index is 12.6. The Morgan fingerprint density at radius 1 is 1.36 bits per heavy atom. The summed E-state index contributed by atoms with van der Waals surface area (Å²) in [5, 5.41) is 9.03. The molecule has 0 aromatic heterocycles. The van der Waals surface area contributed by atoms with Crippen molar-refractivity contribution < 1.29 is 24.2 Å². The molecule has 1 amide bonds. The number of carbonyl (C=O) groups is 3. The van der Waals surface area contributed by atoms with E-state index >= 15 is 0 Å². The van der Waals surface area contributed by atoms with Crippen LogP contribution in [0.4, 0.5) is 0 Å². The minimum absolute atomic E-state index is 0.122. The van der Waals surface area contributed by atoms with Gasteiger partial charge in [-0.25, -0.2) is 0 Å². The van der Waals surface area contributed by atoms with Gasteiger partial charge >= 0.3 is 11.9 Å². The van der Waals surface area contributed by atoms with Crippen molar-refractivity contribution in [2.75, 3.05) is 13.2 Å². The predicted molar refractivity (Wildman–Crippen MR) is 79.0 cm³/mol. The molecule has 0 radical (unpaired) electrons. The number of esters is 1. The number of allylic oxidation sites excluding steroid dienone is 2. The zero-order valence-electron chi connectivity index (χ0n) is 12.9. The van der Waals surface area contributed by atoms with Crippen LogP contribution in [-0.4, -0.2) is 47.0 Å². The van der Waals surface area contributed by atoms with Gasteiger partial charge in [-0.3, -0.25) is 14.4 Å². The molecule has 0 aromatic rings. The number of hydrogen-bond donors (Lipinski definition) is 1. The molecule has 122 valence electrons. The van der Waals surface area contributed by atoms with Crippen molar-refractivity contribution in [1.82, 2.24) is 4.90 Å². The Morgan fingerprint density at radius 3 is 2.82 bits per heavy atom. The normalized spacial score (nSPS) is 31.7. The summed E-state index contributed by atoms with van der Waals surface area (Å²) in [5.74, 6) is -2.11. The summed E-state index contributed by atoms with van der Waals surface area (Å²) in [4.78, 5) is 37.2. The minimum Gasteiger partial charge on any atom is -0.481 e. The fourth-order valence-electron chi connectivity index (χ4n) is 2.99. The van der Waals surface area contributed by atoms with Crippen molar-refractivity contribution in [2.45, 2.75) is 45.1 Å². The van der Waals surface area contributed by atoms with Crippen LogP contribution in [0.5, 0.6) is 0 Å². The molecule has 0 saturated carbocycles. The summed E-state index contributed by atoms with van der Waals surface area (Å²) in [6.07, 6.45) is 6.07. The molecule has 22 heavy (non-hydrogen) atoms. The largest absolute Gasteiger partial charge is 0.481 e. The Balaban J connectivity index is 2.18. The molecule has 0 spiro atoms. The summed E-state index contributed by atoms with van der Waals surface area (Å²) in [5.41, 5.74) is 0. The number of rotatable bonds is 2. The van der Waals surface area contributed by atoms with Crippen LogP contribution in [0.2, 0.25) is 0 Å². The van der Waals surface area contributed by atoms with Gasteiger partial charge in [-0.1, -0.05) is 19.1 Å². The van der Waals surface area contributed by atoms with Crippen molar-refractivity contribution in [3.63, 3.8) is 0 Å². The standard InChI is InChI=1S/C16H23NO5/c1-11-5-2-3-6-12(9-14(18)19)15(20)17-8-4-7-13(17)10-22-16(11)21/h2-3,11-13H,4-10H2,1H3,(H,18,19)/b3-2-/t11-,12+,13+/m1/s1. The molecule has 0 aliphatic carbocycles. The maximum Gasteiger partial charge on any atom is 0.309 e. The fourth-order valence-corrected chi connectivity index (χ4v) is 2.99. The Hall–Kier alpha value is -1.85. The van der Waals surface area contributed by atoms with Crippen molar-refractivity contribution >= 4 is 17.8 Å². The molecule has 2 aliphatic rings. The second kappa shape index (κ2) is 7.42. The van der Waals surface area contributed by atoms with Gasteiger partial charge in [0, 0.05) is 6.54 Å². The van der Waals surface area contributed by atoms with Crippen molar-refractivity contribution in [2.24, 2.45) is 11.8 Å². The van der Waals surface area contributed by atoms with Crippen LogP contribution in [0, 0.1) is 11.8 Å². The molecule has 6 heteroatoms. The highest BCUT2D eigenvalue weighted by Crippen LogP contribution is 2.24.